The van der Waals surface area contributed by atoms with Gasteiger partial charge in [0.1, 0.15) is 12.3 Å². The van der Waals surface area contributed by atoms with Crippen LogP contribution in [-0.2, 0) is 4.79 Å². The number of aliphatic imine (C=N–C) groups is 1. The summed E-state index contributed by atoms with van der Waals surface area (Å²) >= 11 is 0. The molecular weight excluding hydrogens is 342 g/mol. The van der Waals surface area contributed by atoms with Gasteiger partial charge in [-0.3, -0.25) is 4.79 Å². The lowest BCUT2D eigenvalue weighted by Gasteiger charge is -2.37. The highest BCUT2D eigenvalue weighted by atomic mass is 16.5. The van der Waals surface area contributed by atoms with Gasteiger partial charge < -0.3 is 24.8 Å². The molecule has 2 aliphatic rings. The number of anilines is 1. The number of piperazine rings is 1. The molecule has 1 aromatic carbocycles. The molecule has 7 nitrogen and oxygen atoms in total. The summed E-state index contributed by atoms with van der Waals surface area (Å²) in [5, 5.41) is 3.34. The highest BCUT2D eigenvalue weighted by molar-refractivity contribution is 5.85. The summed E-state index contributed by atoms with van der Waals surface area (Å²) in [6, 6.07) is 8.18. The quantitative estimate of drug-likeness (QED) is 0.625. The minimum atomic E-state index is 0.137. The lowest BCUT2D eigenvalue weighted by molar-refractivity contribution is -0.128. The van der Waals surface area contributed by atoms with Crippen LogP contribution < -0.4 is 15.0 Å². The fraction of sp³-hybridized carbons (Fsp3) is 0.600. The summed E-state index contributed by atoms with van der Waals surface area (Å²) in [6.45, 7) is 8.43. The van der Waals surface area contributed by atoms with E-state index in [9.17, 15) is 4.79 Å². The van der Waals surface area contributed by atoms with Crippen molar-refractivity contribution in [3.8, 4) is 5.75 Å². The molecule has 2 saturated heterocycles. The van der Waals surface area contributed by atoms with E-state index in [1.54, 1.807) is 7.11 Å². The predicted octanol–water partition coefficient (Wildman–Crippen LogP) is 1.41. The molecule has 2 aliphatic heterocycles. The molecule has 0 aliphatic carbocycles. The molecule has 27 heavy (non-hydrogen) atoms. The summed E-state index contributed by atoms with van der Waals surface area (Å²) in [5.41, 5.74) is 1.18. The minimum Gasteiger partial charge on any atom is -0.497 e. The number of carbonyl (C=O) groups is 1. The van der Waals surface area contributed by atoms with E-state index < -0.39 is 0 Å². The van der Waals surface area contributed by atoms with Crippen molar-refractivity contribution in [2.45, 2.75) is 19.8 Å². The van der Waals surface area contributed by atoms with E-state index >= 15 is 0 Å². The number of nitrogens with one attached hydrogen (secondary N) is 1. The van der Waals surface area contributed by atoms with Gasteiger partial charge in [-0.05, 0) is 31.9 Å². The molecule has 1 N–H and O–H groups in total. The third kappa shape index (κ3) is 5.05. The molecule has 1 amide bonds. The first-order valence-electron chi connectivity index (χ1n) is 9.91. The van der Waals surface area contributed by atoms with Crippen LogP contribution in [0.2, 0.25) is 0 Å². The summed E-state index contributed by atoms with van der Waals surface area (Å²) < 4.78 is 5.33. The molecule has 0 bridgehead atoms. The number of nitrogens with zero attached hydrogens (tertiary/aromatic N) is 4. The van der Waals surface area contributed by atoms with Crippen LogP contribution in [-0.4, -0.2) is 81.1 Å². The zero-order valence-electron chi connectivity index (χ0n) is 16.5. The summed E-state index contributed by atoms with van der Waals surface area (Å²) in [4.78, 5) is 23.4. The number of amides is 1. The number of benzene rings is 1. The van der Waals surface area contributed by atoms with Crippen molar-refractivity contribution < 1.29 is 9.53 Å². The Hall–Kier alpha value is -2.44. The van der Waals surface area contributed by atoms with E-state index in [1.807, 2.05) is 17.0 Å². The van der Waals surface area contributed by atoms with Crippen LogP contribution in [0.15, 0.2) is 29.3 Å². The lowest BCUT2D eigenvalue weighted by atomic mass is 10.2. The fourth-order valence-corrected chi connectivity index (χ4v) is 3.62. The van der Waals surface area contributed by atoms with Crippen LogP contribution in [0.3, 0.4) is 0 Å². The van der Waals surface area contributed by atoms with Crippen molar-refractivity contribution in [2.24, 2.45) is 4.99 Å². The van der Waals surface area contributed by atoms with Gasteiger partial charge in [-0.2, -0.15) is 0 Å². The molecule has 0 spiro atoms. The zero-order valence-corrected chi connectivity index (χ0v) is 16.5. The smallest absolute Gasteiger partial charge is 0.244 e. The summed E-state index contributed by atoms with van der Waals surface area (Å²) in [5.74, 6) is 1.86. The van der Waals surface area contributed by atoms with E-state index in [2.05, 4.69) is 39.2 Å². The Morgan fingerprint density at radius 3 is 2.52 bits per heavy atom. The molecule has 148 valence electrons. The Morgan fingerprint density at radius 2 is 1.85 bits per heavy atom. The fourth-order valence-electron chi connectivity index (χ4n) is 3.62. The van der Waals surface area contributed by atoms with Crippen molar-refractivity contribution in [3.63, 3.8) is 0 Å². The van der Waals surface area contributed by atoms with Gasteiger partial charge in [0.25, 0.3) is 0 Å². The Balaban J connectivity index is 1.57. The molecule has 0 atom stereocenters. The average molecular weight is 374 g/mol. The van der Waals surface area contributed by atoms with Gasteiger partial charge in [0.05, 0.1) is 7.11 Å². The normalized spacial score (nSPS) is 18.0. The maximum absolute atomic E-state index is 12.3. The number of hydrogen-bond acceptors (Lipinski definition) is 4. The highest BCUT2D eigenvalue weighted by Crippen LogP contribution is 2.22. The third-order valence-electron chi connectivity index (χ3n) is 5.16. The molecule has 1 aromatic rings. The van der Waals surface area contributed by atoms with Crippen molar-refractivity contribution in [3.05, 3.63) is 24.3 Å². The molecule has 2 fully saturated rings. The first kappa shape index (κ1) is 19.3. The van der Waals surface area contributed by atoms with E-state index in [4.69, 9.17) is 4.74 Å². The van der Waals surface area contributed by atoms with E-state index in [0.29, 0.717) is 0 Å². The minimum absolute atomic E-state index is 0.137. The molecule has 7 heteroatoms. The Morgan fingerprint density at radius 1 is 1.11 bits per heavy atom. The Bertz CT molecular complexity index is 650. The maximum Gasteiger partial charge on any atom is 0.244 e. The summed E-state index contributed by atoms with van der Waals surface area (Å²) in [7, 11) is 1.69. The van der Waals surface area contributed by atoms with Gasteiger partial charge in [-0.15, -0.1) is 0 Å². The van der Waals surface area contributed by atoms with Gasteiger partial charge in [-0.1, -0.05) is 6.07 Å². The highest BCUT2D eigenvalue weighted by Gasteiger charge is 2.21. The Kier molecular flexibility index (Phi) is 6.79. The monoisotopic (exact) mass is 373 g/mol. The lowest BCUT2D eigenvalue weighted by Crippen LogP contribution is -2.52. The number of likely N-dealkylation sites (tertiary alicyclic amines) is 1. The SMILES string of the molecule is CCNC(=NCC(=O)N1CCCC1)N1CCN(c2cccc(OC)c2)CC1. The third-order valence-corrected chi connectivity index (χ3v) is 5.16. The summed E-state index contributed by atoms with van der Waals surface area (Å²) in [6.07, 6.45) is 2.23. The first-order chi connectivity index (χ1) is 13.2. The standard InChI is InChI=1S/C20H31N5O2/c1-3-21-20(22-16-19(26)24-9-4-5-10-24)25-13-11-23(12-14-25)17-7-6-8-18(15-17)27-2/h6-8,15H,3-5,9-14,16H2,1-2H3,(H,21,22). The van der Waals surface area contributed by atoms with Crippen LogP contribution in [0, 0.1) is 0 Å². The van der Waals surface area contributed by atoms with Gasteiger partial charge in [0, 0.05) is 57.6 Å². The van der Waals surface area contributed by atoms with Crippen LogP contribution in [0.25, 0.3) is 0 Å². The predicted molar refractivity (Wildman–Crippen MR) is 109 cm³/mol. The topological polar surface area (TPSA) is 60.4 Å². The van der Waals surface area contributed by atoms with Crippen molar-refractivity contribution >= 4 is 17.6 Å². The number of hydrogen-bond donors (Lipinski definition) is 1. The van der Waals surface area contributed by atoms with E-state index in [0.717, 1.165) is 70.4 Å². The second-order valence-corrected chi connectivity index (χ2v) is 6.93. The van der Waals surface area contributed by atoms with Crippen molar-refractivity contribution in [1.29, 1.82) is 0 Å². The van der Waals surface area contributed by atoms with Crippen molar-refractivity contribution in [2.75, 3.05) is 64.4 Å². The van der Waals surface area contributed by atoms with Crippen LogP contribution >= 0.6 is 0 Å². The van der Waals surface area contributed by atoms with Crippen LogP contribution in [0.1, 0.15) is 19.8 Å². The number of carbonyl (C=O) groups excluding carboxylic acids is 1. The number of guanidine groups is 1. The van der Waals surface area contributed by atoms with Gasteiger partial charge in [0.2, 0.25) is 5.91 Å². The van der Waals surface area contributed by atoms with E-state index in [-0.39, 0.29) is 12.5 Å². The van der Waals surface area contributed by atoms with Gasteiger partial charge in [-0.25, -0.2) is 4.99 Å². The Labute approximate surface area is 162 Å². The van der Waals surface area contributed by atoms with Gasteiger partial charge in [0.15, 0.2) is 5.96 Å². The molecule has 0 saturated carbocycles. The van der Waals surface area contributed by atoms with Crippen LogP contribution in [0.4, 0.5) is 5.69 Å². The average Bonchev–Trinajstić information content (AvgIpc) is 3.26. The van der Waals surface area contributed by atoms with Gasteiger partial charge >= 0.3 is 0 Å². The molecule has 0 aromatic heterocycles. The maximum atomic E-state index is 12.3. The largest absolute Gasteiger partial charge is 0.497 e. The molecule has 3 rings (SSSR count). The van der Waals surface area contributed by atoms with E-state index in [1.165, 1.54) is 5.69 Å². The number of rotatable bonds is 5. The molecular formula is C20H31N5O2. The zero-order chi connectivity index (χ0) is 19.1. The second-order valence-electron chi connectivity index (χ2n) is 6.93. The van der Waals surface area contributed by atoms with Crippen molar-refractivity contribution in [1.82, 2.24) is 15.1 Å². The molecule has 0 radical (unpaired) electrons. The molecule has 0 unspecified atom stereocenters. The second kappa shape index (κ2) is 9.48. The number of methoxy groups -OCH3 is 1. The molecule has 2 heterocycles. The first-order valence-corrected chi connectivity index (χ1v) is 9.91. The number of ether oxygens (including phenoxy) is 1. The van der Waals surface area contributed by atoms with Crippen LogP contribution in [0.5, 0.6) is 5.75 Å².